The molecular weight excluding hydrogens is 1250 g/mol. The summed E-state index contributed by atoms with van der Waals surface area (Å²) in [5.74, 6) is 0. The molecule has 0 radical (unpaired) electrons. The number of nitrogens with zero attached hydrogens (tertiary/aromatic N) is 3. The molecule has 2 aliphatic heterocycles. The van der Waals surface area contributed by atoms with Crippen molar-refractivity contribution < 1.29 is 0 Å². The lowest BCUT2D eigenvalue weighted by molar-refractivity contribution is 0.332. The summed E-state index contributed by atoms with van der Waals surface area (Å²) in [7, 11) is 0. The van der Waals surface area contributed by atoms with Crippen molar-refractivity contribution in [2.75, 3.05) is 9.80 Å². The van der Waals surface area contributed by atoms with Gasteiger partial charge in [-0.05, 0) is 247 Å². The molecule has 0 saturated carbocycles. The van der Waals surface area contributed by atoms with E-state index in [1.807, 2.05) is 0 Å². The minimum Gasteiger partial charge on any atom is -0.311 e. The minimum absolute atomic E-state index is 0.0132. The third kappa shape index (κ3) is 11.3. The predicted molar refractivity (Wildman–Crippen MR) is 449 cm³/mol. The Labute approximate surface area is 619 Å². The Morgan fingerprint density at radius 3 is 1.17 bits per heavy atom. The summed E-state index contributed by atoms with van der Waals surface area (Å²) in [6.45, 7) is 40.4. The maximum Gasteiger partial charge on any atom is 0.252 e. The van der Waals surface area contributed by atoms with Gasteiger partial charge in [-0.1, -0.05) is 294 Å². The summed E-state index contributed by atoms with van der Waals surface area (Å²) in [6, 6.07) is 97.6. The van der Waals surface area contributed by atoms with Crippen LogP contribution in [0.2, 0.25) is 0 Å². The number of hydrogen-bond acceptors (Lipinski definition) is 2. The van der Waals surface area contributed by atoms with Gasteiger partial charge < -0.3 is 14.4 Å². The van der Waals surface area contributed by atoms with Gasteiger partial charge in [-0.3, -0.25) is 0 Å². The van der Waals surface area contributed by atoms with Gasteiger partial charge in [0.25, 0.3) is 6.71 Å². The molecule has 0 atom stereocenters. The van der Waals surface area contributed by atoms with Crippen LogP contribution in [0.1, 0.15) is 182 Å². The third-order valence-electron chi connectivity index (χ3n) is 24.8. The zero-order valence-corrected chi connectivity index (χ0v) is 64.4. The summed E-state index contributed by atoms with van der Waals surface area (Å²) < 4.78 is 2.52. The van der Waals surface area contributed by atoms with Crippen molar-refractivity contribution >= 4 is 79.0 Å². The number of fused-ring (bicyclic) bond motifs is 9. The summed E-state index contributed by atoms with van der Waals surface area (Å²) >= 11 is 0. The molecule has 104 heavy (non-hydrogen) atoms. The van der Waals surface area contributed by atoms with Crippen molar-refractivity contribution in [2.24, 2.45) is 0 Å². The highest BCUT2D eigenvalue weighted by Gasteiger charge is 2.45. The van der Waals surface area contributed by atoms with Gasteiger partial charge in [0.15, 0.2) is 0 Å². The topological polar surface area (TPSA) is 11.4 Å². The Bertz CT molecular complexity index is 5570. The molecule has 0 unspecified atom stereocenters. The van der Waals surface area contributed by atoms with E-state index in [2.05, 4.69) is 381 Å². The maximum absolute atomic E-state index is 2.64. The number of para-hydroxylation sites is 1. The van der Waals surface area contributed by atoms with E-state index in [-0.39, 0.29) is 44.6 Å². The first-order valence-electron chi connectivity index (χ1n) is 38.3. The predicted octanol–water partition coefficient (Wildman–Crippen LogP) is 25.8. The lowest BCUT2D eigenvalue weighted by Gasteiger charge is -2.45. The fraction of sp³-hybridized carbons (Fsp3) is 0.280. The number of aromatic nitrogens is 1. The second-order valence-electron chi connectivity index (χ2n) is 36.8. The Morgan fingerprint density at radius 2 is 0.644 bits per heavy atom. The van der Waals surface area contributed by atoms with Crippen LogP contribution in [0.25, 0.3) is 83.1 Å². The molecule has 2 aliphatic carbocycles. The van der Waals surface area contributed by atoms with Gasteiger partial charge in [-0.15, -0.1) is 0 Å². The van der Waals surface area contributed by atoms with Crippen molar-refractivity contribution in [3.05, 3.63) is 288 Å². The Kier molecular flexibility index (Phi) is 15.4. The van der Waals surface area contributed by atoms with Gasteiger partial charge in [-0.25, -0.2) is 0 Å². The molecular formula is C100H100BN3. The lowest BCUT2D eigenvalue weighted by atomic mass is 9.33. The molecule has 3 heterocycles. The molecule has 4 heteroatoms. The van der Waals surface area contributed by atoms with Gasteiger partial charge in [0.2, 0.25) is 0 Å². The Balaban J connectivity index is 0.929. The van der Waals surface area contributed by atoms with E-state index < -0.39 is 0 Å². The minimum atomic E-state index is -0.139. The standard InChI is InChI=1S/C100H100BN3/c1-94(2,3)73-37-27-66(28-38-73)72-59-91-93-92(60-72)103(77-41-31-65(32-42-77)69-34-45-82-84(57-69)100(16,17)52-50-98(82,12)13)90-62-78(104-87-26-22-21-25-79(87)80-55-67(36-48-88(80)104)63-23-19-18-20-24-63)43-47-86(90)101(93)85-46-35-70(71-53-74(95(4,5)6)61-75(54-71)96(7,8)9)58-89(85)102(91)76-39-29-64(30-40-76)68-33-44-81-83(56-68)99(14,15)51-49-97(81,10)11/h18-48,53-62H,49-52H2,1-17H3. The zero-order chi connectivity index (χ0) is 72.5. The summed E-state index contributed by atoms with van der Waals surface area (Å²) in [5.41, 5.74) is 36.7. The number of rotatable bonds is 8. The first-order chi connectivity index (χ1) is 49.4. The molecule has 0 bridgehead atoms. The lowest BCUT2D eigenvalue weighted by Crippen LogP contribution is -2.61. The van der Waals surface area contributed by atoms with Gasteiger partial charge in [0.1, 0.15) is 0 Å². The van der Waals surface area contributed by atoms with Crippen molar-refractivity contribution in [3.8, 4) is 61.3 Å². The molecule has 1 aromatic heterocycles. The van der Waals surface area contributed by atoms with Crippen LogP contribution >= 0.6 is 0 Å². The average Bonchev–Trinajstić information content (AvgIpc) is 1.03. The Hall–Kier alpha value is -9.90. The monoisotopic (exact) mass is 1350 g/mol. The van der Waals surface area contributed by atoms with Crippen molar-refractivity contribution in [3.63, 3.8) is 0 Å². The summed E-state index contributed by atoms with van der Waals surface area (Å²) in [5, 5.41) is 2.47. The number of benzene rings is 12. The van der Waals surface area contributed by atoms with E-state index in [0.717, 1.165) is 17.1 Å². The number of anilines is 6. The second kappa shape index (κ2) is 23.8. The van der Waals surface area contributed by atoms with Gasteiger partial charge >= 0.3 is 0 Å². The van der Waals surface area contributed by atoms with Gasteiger partial charge in [0, 0.05) is 50.6 Å². The molecule has 0 fully saturated rings. The van der Waals surface area contributed by atoms with Gasteiger partial charge in [-0.2, -0.15) is 0 Å². The van der Waals surface area contributed by atoms with Crippen LogP contribution < -0.4 is 26.2 Å². The van der Waals surface area contributed by atoms with Crippen LogP contribution in [0.15, 0.2) is 249 Å². The van der Waals surface area contributed by atoms with Crippen LogP contribution in [0, 0.1) is 0 Å². The third-order valence-corrected chi connectivity index (χ3v) is 24.8. The molecule has 518 valence electrons. The van der Waals surface area contributed by atoms with Crippen molar-refractivity contribution in [2.45, 2.75) is 181 Å². The van der Waals surface area contributed by atoms with E-state index in [4.69, 9.17) is 0 Å². The van der Waals surface area contributed by atoms with Crippen LogP contribution in [-0.2, 0) is 37.9 Å². The van der Waals surface area contributed by atoms with E-state index in [1.54, 1.807) is 0 Å². The molecule has 0 saturated heterocycles. The van der Waals surface area contributed by atoms with Crippen LogP contribution in [0.3, 0.4) is 0 Å². The fourth-order valence-corrected chi connectivity index (χ4v) is 18.0. The highest BCUT2D eigenvalue weighted by Crippen LogP contribution is 2.52. The van der Waals surface area contributed by atoms with Crippen LogP contribution in [-0.4, -0.2) is 11.3 Å². The van der Waals surface area contributed by atoms with Gasteiger partial charge in [0.05, 0.1) is 11.0 Å². The highest BCUT2D eigenvalue weighted by molar-refractivity contribution is 7.00. The smallest absolute Gasteiger partial charge is 0.252 e. The van der Waals surface area contributed by atoms with E-state index >= 15 is 0 Å². The van der Waals surface area contributed by atoms with Crippen LogP contribution in [0.5, 0.6) is 0 Å². The van der Waals surface area contributed by atoms with Crippen LogP contribution in [0.4, 0.5) is 34.1 Å². The SMILES string of the molecule is CC(C)(C)c1ccc(-c2cc3c4c(c2)N(c2ccc(-c5ccc6c(c5)C(C)(C)CCC6(C)C)cc2)c2cc(-n5c6ccccc6c6cc(-c7ccccc7)ccc65)ccc2B4c2ccc(-c4cc(C(C)(C)C)cc(C(C)(C)C)c4)cc2N3c2ccc(-c3ccc4c(c3)C(C)(C)CCC4(C)C)cc2)cc1. The molecule has 0 spiro atoms. The molecule has 4 aliphatic rings. The Morgan fingerprint density at radius 1 is 0.269 bits per heavy atom. The summed E-state index contributed by atoms with van der Waals surface area (Å²) in [6.07, 6.45) is 4.73. The largest absolute Gasteiger partial charge is 0.311 e. The van der Waals surface area contributed by atoms with E-state index in [9.17, 15) is 0 Å². The molecule has 3 nitrogen and oxygen atoms in total. The van der Waals surface area contributed by atoms with Crippen molar-refractivity contribution in [1.29, 1.82) is 0 Å². The maximum atomic E-state index is 2.64. The summed E-state index contributed by atoms with van der Waals surface area (Å²) in [4.78, 5) is 5.28. The quantitative estimate of drug-likeness (QED) is 0.141. The molecule has 17 rings (SSSR count). The zero-order valence-electron chi connectivity index (χ0n) is 64.4. The first kappa shape index (κ1) is 67.3. The normalized spacial score (nSPS) is 16.2. The first-order valence-corrected chi connectivity index (χ1v) is 38.3. The van der Waals surface area contributed by atoms with E-state index in [1.165, 1.54) is 181 Å². The molecule has 12 aromatic carbocycles. The molecule has 0 N–H and O–H groups in total. The van der Waals surface area contributed by atoms with E-state index in [0.29, 0.717) is 0 Å². The average molecular weight is 1350 g/mol. The molecule has 0 amide bonds. The second-order valence-corrected chi connectivity index (χ2v) is 36.8. The van der Waals surface area contributed by atoms with Crippen molar-refractivity contribution in [1.82, 2.24) is 4.57 Å². The highest BCUT2D eigenvalue weighted by atomic mass is 15.2. The number of hydrogen-bond donors (Lipinski definition) is 0. The fourth-order valence-electron chi connectivity index (χ4n) is 18.0. The molecule has 13 aromatic rings.